The van der Waals surface area contributed by atoms with E-state index in [0.717, 1.165) is 15.7 Å². The first kappa shape index (κ1) is 18.3. The number of carbonyl (C=O) groups is 2. The highest BCUT2D eigenvalue weighted by atomic mass is 35.5. The first-order valence-electron chi connectivity index (χ1n) is 9.01. The Morgan fingerprint density at radius 3 is 2.25 bits per heavy atom. The zero-order valence-corrected chi connectivity index (χ0v) is 16.2. The van der Waals surface area contributed by atoms with Gasteiger partial charge in [0.1, 0.15) is 10.8 Å². The van der Waals surface area contributed by atoms with Crippen molar-refractivity contribution in [2.75, 3.05) is 4.90 Å². The number of carbonyl (C=O) groups excluding carboxylic acids is 2. The number of hydrogen-bond donors (Lipinski definition) is 0. The van der Waals surface area contributed by atoms with Gasteiger partial charge < -0.3 is 4.74 Å². The van der Waals surface area contributed by atoms with Gasteiger partial charge in [-0.25, -0.2) is 4.90 Å². The smallest absolute Gasteiger partial charge is 0.277 e. The normalized spacial score (nSPS) is 14.5. The molecule has 0 saturated heterocycles. The van der Waals surface area contributed by atoms with E-state index in [2.05, 4.69) is 0 Å². The van der Waals surface area contributed by atoms with Crippen molar-refractivity contribution in [2.45, 2.75) is 20.0 Å². The predicted molar refractivity (Wildman–Crippen MR) is 111 cm³/mol. The van der Waals surface area contributed by atoms with Crippen molar-refractivity contribution in [3.8, 4) is 5.75 Å². The molecule has 0 saturated carbocycles. The van der Waals surface area contributed by atoms with Crippen LogP contribution in [0.1, 0.15) is 19.4 Å². The van der Waals surface area contributed by atoms with Crippen LogP contribution in [0.3, 0.4) is 0 Å². The molecule has 0 radical (unpaired) electrons. The summed E-state index contributed by atoms with van der Waals surface area (Å²) >= 11 is 6.31. The second-order valence-corrected chi connectivity index (χ2v) is 7.20. The van der Waals surface area contributed by atoms with E-state index >= 15 is 0 Å². The molecule has 0 unspecified atom stereocenters. The lowest BCUT2D eigenvalue weighted by Crippen LogP contribution is -2.31. The minimum Gasteiger partial charge on any atom is -0.491 e. The number of halogens is 1. The van der Waals surface area contributed by atoms with E-state index in [1.54, 1.807) is 30.3 Å². The second kappa shape index (κ2) is 7.13. The summed E-state index contributed by atoms with van der Waals surface area (Å²) in [6.45, 7) is 3.88. The van der Waals surface area contributed by atoms with Crippen LogP contribution < -0.4 is 9.64 Å². The number of nitrogens with zero attached hydrogens (tertiary/aromatic N) is 1. The van der Waals surface area contributed by atoms with Gasteiger partial charge in [-0.15, -0.1) is 0 Å². The van der Waals surface area contributed by atoms with E-state index in [-0.39, 0.29) is 16.7 Å². The number of imide groups is 1. The monoisotopic (exact) mass is 391 g/mol. The summed E-state index contributed by atoms with van der Waals surface area (Å²) in [5.74, 6) is -0.248. The summed E-state index contributed by atoms with van der Waals surface area (Å²) in [6, 6.07) is 20.1. The largest absolute Gasteiger partial charge is 0.491 e. The van der Waals surface area contributed by atoms with E-state index in [1.807, 2.05) is 50.2 Å². The van der Waals surface area contributed by atoms with Crippen LogP contribution in [-0.4, -0.2) is 17.9 Å². The third-order valence-electron chi connectivity index (χ3n) is 4.55. The Hall–Kier alpha value is -3.11. The number of rotatable bonds is 4. The minimum atomic E-state index is -0.513. The molecule has 0 aliphatic carbocycles. The Bertz CT molecular complexity index is 1110. The number of amides is 2. The first-order chi connectivity index (χ1) is 13.5. The molecule has 1 aliphatic heterocycles. The fraction of sp³-hybridized carbons (Fsp3) is 0.130. The number of ether oxygens (including phenoxy) is 1. The molecule has 1 aliphatic rings. The van der Waals surface area contributed by atoms with Crippen molar-refractivity contribution < 1.29 is 14.3 Å². The van der Waals surface area contributed by atoms with Crippen LogP contribution in [-0.2, 0) is 9.59 Å². The van der Waals surface area contributed by atoms with E-state index in [1.165, 1.54) is 0 Å². The lowest BCUT2D eigenvalue weighted by molar-refractivity contribution is -0.119. The van der Waals surface area contributed by atoms with Crippen LogP contribution in [0.25, 0.3) is 16.3 Å². The van der Waals surface area contributed by atoms with E-state index in [4.69, 9.17) is 16.3 Å². The van der Waals surface area contributed by atoms with Gasteiger partial charge in [-0.3, -0.25) is 9.59 Å². The Kier molecular flexibility index (Phi) is 4.65. The van der Waals surface area contributed by atoms with Gasteiger partial charge in [0, 0.05) is 5.39 Å². The number of hydrogen-bond acceptors (Lipinski definition) is 3. The molecule has 4 rings (SSSR count). The van der Waals surface area contributed by atoms with Crippen molar-refractivity contribution in [3.63, 3.8) is 0 Å². The highest BCUT2D eigenvalue weighted by Crippen LogP contribution is 2.38. The maximum Gasteiger partial charge on any atom is 0.277 e. The average Bonchev–Trinajstić information content (AvgIpc) is 2.90. The van der Waals surface area contributed by atoms with Crippen molar-refractivity contribution in [1.29, 1.82) is 0 Å². The molecule has 0 spiro atoms. The SMILES string of the molecule is CC(C)Oc1ccc(C2=C(Cl)C(=O)N(c3cccc4ccccc34)C2=O)cc1. The molecule has 1 heterocycles. The van der Waals surface area contributed by atoms with Crippen molar-refractivity contribution in [1.82, 2.24) is 0 Å². The van der Waals surface area contributed by atoms with Crippen LogP contribution in [0.15, 0.2) is 71.8 Å². The van der Waals surface area contributed by atoms with Crippen molar-refractivity contribution in [3.05, 3.63) is 77.3 Å². The van der Waals surface area contributed by atoms with E-state index < -0.39 is 11.8 Å². The average molecular weight is 392 g/mol. The lowest BCUT2D eigenvalue weighted by atomic mass is 10.1. The summed E-state index contributed by atoms with van der Waals surface area (Å²) in [6.07, 6.45) is 0.0465. The molecule has 2 amide bonds. The van der Waals surface area contributed by atoms with Crippen molar-refractivity contribution >= 4 is 45.4 Å². The molecule has 140 valence electrons. The third kappa shape index (κ3) is 3.06. The number of anilines is 1. The lowest BCUT2D eigenvalue weighted by Gasteiger charge is -2.17. The molecule has 0 bridgehead atoms. The summed E-state index contributed by atoms with van der Waals surface area (Å²) in [7, 11) is 0. The van der Waals surface area contributed by atoms with Crippen LogP contribution in [0.4, 0.5) is 5.69 Å². The molecule has 5 heteroatoms. The quantitative estimate of drug-likeness (QED) is 0.578. The maximum atomic E-state index is 13.2. The molecule has 3 aromatic rings. The van der Waals surface area contributed by atoms with Gasteiger partial charge in [0.25, 0.3) is 11.8 Å². The Balaban J connectivity index is 1.74. The Labute approximate surface area is 168 Å². The zero-order valence-electron chi connectivity index (χ0n) is 15.5. The summed E-state index contributed by atoms with van der Waals surface area (Å²) < 4.78 is 5.63. The van der Waals surface area contributed by atoms with E-state index in [0.29, 0.717) is 17.0 Å². The van der Waals surface area contributed by atoms with Gasteiger partial charge in [0.05, 0.1) is 17.4 Å². The molecule has 0 fully saturated rings. The van der Waals surface area contributed by atoms with Crippen LogP contribution >= 0.6 is 11.6 Å². The summed E-state index contributed by atoms with van der Waals surface area (Å²) in [5.41, 5.74) is 1.32. The van der Waals surface area contributed by atoms with Gasteiger partial charge in [-0.2, -0.15) is 0 Å². The Morgan fingerprint density at radius 1 is 0.857 bits per heavy atom. The van der Waals surface area contributed by atoms with Crippen molar-refractivity contribution in [2.24, 2.45) is 0 Å². The highest BCUT2D eigenvalue weighted by molar-refractivity contribution is 6.60. The fourth-order valence-corrected chi connectivity index (χ4v) is 3.62. The van der Waals surface area contributed by atoms with Gasteiger partial charge >= 0.3 is 0 Å². The molecule has 0 aromatic heterocycles. The Morgan fingerprint density at radius 2 is 1.54 bits per heavy atom. The topological polar surface area (TPSA) is 46.6 Å². The standard InChI is InChI=1S/C23H18ClNO3/c1-14(2)28-17-12-10-16(11-13-17)20-21(24)23(27)25(22(20)26)19-9-5-7-15-6-3-4-8-18(15)19/h3-14H,1-2H3. The maximum absolute atomic E-state index is 13.2. The van der Waals surface area contributed by atoms with Crippen LogP contribution in [0, 0.1) is 0 Å². The fourth-order valence-electron chi connectivity index (χ4n) is 3.35. The number of benzene rings is 3. The first-order valence-corrected chi connectivity index (χ1v) is 9.38. The van der Waals surface area contributed by atoms with Gasteiger partial charge in [0.15, 0.2) is 0 Å². The zero-order chi connectivity index (χ0) is 19.8. The molecular formula is C23H18ClNO3. The molecule has 4 nitrogen and oxygen atoms in total. The summed E-state index contributed by atoms with van der Waals surface area (Å²) in [4.78, 5) is 27.2. The third-order valence-corrected chi connectivity index (χ3v) is 4.90. The van der Waals surface area contributed by atoms with E-state index in [9.17, 15) is 9.59 Å². The van der Waals surface area contributed by atoms with Gasteiger partial charge in [0.2, 0.25) is 0 Å². The van der Waals surface area contributed by atoms with Gasteiger partial charge in [-0.1, -0.05) is 60.1 Å². The molecule has 0 atom stereocenters. The number of fused-ring (bicyclic) bond motifs is 1. The van der Waals surface area contributed by atoms with Gasteiger partial charge in [-0.05, 0) is 43.0 Å². The molecule has 0 N–H and O–H groups in total. The predicted octanol–water partition coefficient (Wildman–Crippen LogP) is 5.15. The minimum absolute atomic E-state index is 0.0465. The highest BCUT2D eigenvalue weighted by Gasteiger charge is 2.39. The summed E-state index contributed by atoms with van der Waals surface area (Å²) in [5, 5.41) is 1.69. The van der Waals surface area contributed by atoms with Crippen LogP contribution in [0.2, 0.25) is 0 Å². The molecular weight excluding hydrogens is 374 g/mol. The second-order valence-electron chi connectivity index (χ2n) is 6.82. The molecule has 3 aromatic carbocycles. The molecule has 28 heavy (non-hydrogen) atoms. The van der Waals surface area contributed by atoms with Crippen LogP contribution in [0.5, 0.6) is 5.75 Å².